The van der Waals surface area contributed by atoms with Gasteiger partial charge in [0.1, 0.15) is 5.75 Å². The van der Waals surface area contributed by atoms with Crippen molar-refractivity contribution in [3.05, 3.63) is 54.1 Å². The number of hydrogen-bond donors (Lipinski definition) is 1. The van der Waals surface area contributed by atoms with E-state index in [9.17, 15) is 9.59 Å². The number of esters is 1. The number of rotatable bonds is 6. The smallest absolute Gasteiger partial charge is 0.315 e. The monoisotopic (exact) mass is 331 g/mol. The van der Waals surface area contributed by atoms with E-state index in [0.29, 0.717) is 17.0 Å². The normalized spacial score (nSPS) is 10.0. The highest BCUT2D eigenvalue weighted by Crippen LogP contribution is 2.21. The molecule has 0 atom stereocenters. The van der Waals surface area contributed by atoms with Crippen molar-refractivity contribution >= 4 is 29.3 Å². The summed E-state index contributed by atoms with van der Waals surface area (Å²) >= 11 is 1.38. The van der Waals surface area contributed by atoms with Crippen LogP contribution in [0.15, 0.2) is 53.4 Å². The number of thioether (sulfide) groups is 1. The van der Waals surface area contributed by atoms with Crippen molar-refractivity contribution in [2.45, 2.75) is 4.90 Å². The van der Waals surface area contributed by atoms with Crippen molar-refractivity contribution in [3.8, 4) is 5.75 Å². The number of carbonyl (C=O) groups excluding carboxylic acids is 2. The molecule has 0 fully saturated rings. The number of anilines is 1. The predicted octanol–water partition coefficient (Wildman–Crippen LogP) is 3.21. The Labute approximate surface area is 139 Å². The Balaban J connectivity index is 1.94. The summed E-state index contributed by atoms with van der Waals surface area (Å²) < 4.78 is 9.65. The van der Waals surface area contributed by atoms with Gasteiger partial charge in [-0.1, -0.05) is 0 Å². The third kappa shape index (κ3) is 5.03. The Morgan fingerprint density at radius 3 is 2.22 bits per heavy atom. The summed E-state index contributed by atoms with van der Waals surface area (Å²) in [5, 5.41) is 2.82. The molecule has 0 saturated carbocycles. The second-order valence-corrected chi connectivity index (χ2v) is 5.62. The molecule has 0 spiro atoms. The molecule has 1 amide bonds. The van der Waals surface area contributed by atoms with E-state index in [4.69, 9.17) is 4.74 Å². The molecule has 2 aromatic rings. The summed E-state index contributed by atoms with van der Waals surface area (Å²) in [6, 6.07) is 14.2. The fourth-order valence-corrected chi connectivity index (χ4v) is 2.51. The van der Waals surface area contributed by atoms with Crippen LogP contribution < -0.4 is 10.1 Å². The Hall–Kier alpha value is -2.47. The molecule has 2 aromatic carbocycles. The van der Waals surface area contributed by atoms with E-state index in [1.54, 1.807) is 43.5 Å². The second kappa shape index (κ2) is 8.24. The molecule has 0 radical (unpaired) electrons. The molecule has 6 heteroatoms. The molecular formula is C17H17NO4S. The van der Waals surface area contributed by atoms with Crippen LogP contribution in [0.25, 0.3) is 0 Å². The van der Waals surface area contributed by atoms with Crippen LogP contribution in [0, 0.1) is 0 Å². The first-order valence-corrected chi connectivity index (χ1v) is 7.86. The Morgan fingerprint density at radius 2 is 1.65 bits per heavy atom. The molecule has 0 bridgehead atoms. The molecule has 5 nitrogen and oxygen atoms in total. The van der Waals surface area contributed by atoms with Gasteiger partial charge in [0.25, 0.3) is 5.91 Å². The zero-order chi connectivity index (χ0) is 16.7. The van der Waals surface area contributed by atoms with Crippen molar-refractivity contribution in [3.63, 3.8) is 0 Å². The zero-order valence-corrected chi connectivity index (χ0v) is 13.7. The maximum absolute atomic E-state index is 12.1. The molecule has 1 N–H and O–H groups in total. The summed E-state index contributed by atoms with van der Waals surface area (Å²) in [6.07, 6.45) is 0. The van der Waals surface area contributed by atoms with Crippen molar-refractivity contribution in [1.82, 2.24) is 0 Å². The molecule has 23 heavy (non-hydrogen) atoms. The molecule has 2 rings (SSSR count). The minimum absolute atomic E-state index is 0.192. The van der Waals surface area contributed by atoms with Crippen LogP contribution in [0.2, 0.25) is 0 Å². The summed E-state index contributed by atoms with van der Waals surface area (Å²) in [4.78, 5) is 24.2. The van der Waals surface area contributed by atoms with Crippen molar-refractivity contribution < 1.29 is 19.1 Å². The molecule has 0 heterocycles. The van der Waals surface area contributed by atoms with Gasteiger partial charge in [0.15, 0.2) is 0 Å². The van der Waals surface area contributed by atoms with Crippen LogP contribution in [0.3, 0.4) is 0 Å². The number of benzene rings is 2. The first-order valence-electron chi connectivity index (χ1n) is 6.87. The Kier molecular flexibility index (Phi) is 6.05. The quantitative estimate of drug-likeness (QED) is 0.650. The van der Waals surface area contributed by atoms with Crippen molar-refractivity contribution in [1.29, 1.82) is 0 Å². The molecular weight excluding hydrogens is 314 g/mol. The first kappa shape index (κ1) is 16.9. The fourth-order valence-electron chi connectivity index (χ4n) is 1.78. The maximum atomic E-state index is 12.1. The highest BCUT2D eigenvalue weighted by atomic mass is 32.2. The molecule has 0 aliphatic heterocycles. The van der Waals surface area contributed by atoms with Crippen molar-refractivity contribution in [2.75, 3.05) is 25.3 Å². The van der Waals surface area contributed by atoms with Crippen LogP contribution in [-0.2, 0) is 9.53 Å². The average Bonchev–Trinajstić information content (AvgIpc) is 2.60. The van der Waals surface area contributed by atoms with Gasteiger partial charge in [-0.15, -0.1) is 11.8 Å². The second-order valence-electron chi connectivity index (χ2n) is 4.57. The fraction of sp³-hybridized carbons (Fsp3) is 0.176. The lowest BCUT2D eigenvalue weighted by atomic mass is 10.2. The van der Waals surface area contributed by atoms with E-state index < -0.39 is 0 Å². The first-order chi connectivity index (χ1) is 11.1. The van der Waals surface area contributed by atoms with Crippen LogP contribution in [0.4, 0.5) is 5.69 Å². The average molecular weight is 331 g/mol. The highest BCUT2D eigenvalue weighted by molar-refractivity contribution is 8.00. The van der Waals surface area contributed by atoms with Crippen molar-refractivity contribution in [2.24, 2.45) is 0 Å². The predicted molar refractivity (Wildman–Crippen MR) is 90.1 cm³/mol. The minimum atomic E-state index is -0.271. The largest absolute Gasteiger partial charge is 0.497 e. The van der Waals surface area contributed by atoms with Gasteiger partial charge in [0, 0.05) is 16.1 Å². The molecule has 0 aromatic heterocycles. The van der Waals surface area contributed by atoms with E-state index in [1.807, 2.05) is 12.1 Å². The van der Waals surface area contributed by atoms with E-state index in [0.717, 1.165) is 4.90 Å². The van der Waals surface area contributed by atoms with E-state index >= 15 is 0 Å². The zero-order valence-electron chi connectivity index (χ0n) is 12.9. The lowest BCUT2D eigenvalue weighted by molar-refractivity contribution is -0.137. The summed E-state index contributed by atoms with van der Waals surface area (Å²) in [7, 11) is 2.94. The van der Waals surface area contributed by atoms with Gasteiger partial charge in [-0.2, -0.15) is 0 Å². The molecule has 120 valence electrons. The number of methoxy groups -OCH3 is 2. The lowest BCUT2D eigenvalue weighted by Gasteiger charge is -2.07. The molecule has 0 unspecified atom stereocenters. The van der Waals surface area contributed by atoms with Gasteiger partial charge in [-0.3, -0.25) is 9.59 Å². The van der Waals surface area contributed by atoms with Crippen LogP contribution in [0.5, 0.6) is 5.75 Å². The van der Waals surface area contributed by atoms with Gasteiger partial charge in [0.2, 0.25) is 0 Å². The van der Waals surface area contributed by atoms with Gasteiger partial charge in [-0.05, 0) is 48.5 Å². The van der Waals surface area contributed by atoms with Crippen LogP contribution >= 0.6 is 11.8 Å². The molecule has 0 saturated heterocycles. The Morgan fingerprint density at radius 1 is 1.00 bits per heavy atom. The SMILES string of the molecule is COC(=O)CSc1ccc(NC(=O)c2ccc(OC)cc2)cc1. The van der Waals surface area contributed by atoms with E-state index in [2.05, 4.69) is 10.1 Å². The summed E-state index contributed by atoms with van der Waals surface area (Å²) in [6.45, 7) is 0. The van der Waals surface area contributed by atoms with Gasteiger partial charge >= 0.3 is 5.97 Å². The lowest BCUT2D eigenvalue weighted by Crippen LogP contribution is -2.11. The summed E-state index contributed by atoms with van der Waals surface area (Å²) in [5.74, 6) is 0.497. The van der Waals surface area contributed by atoms with Gasteiger partial charge in [0.05, 0.1) is 20.0 Å². The number of hydrogen-bond acceptors (Lipinski definition) is 5. The standard InChI is InChI=1S/C17H17NO4S/c1-21-14-7-3-12(4-8-14)17(20)18-13-5-9-15(10-6-13)23-11-16(19)22-2/h3-10H,11H2,1-2H3,(H,18,20). The molecule has 0 aliphatic rings. The van der Waals surface area contributed by atoms with E-state index in [-0.39, 0.29) is 17.6 Å². The topological polar surface area (TPSA) is 64.6 Å². The molecule has 0 aliphatic carbocycles. The van der Waals surface area contributed by atoms with Gasteiger partial charge in [-0.25, -0.2) is 0 Å². The Bertz CT molecular complexity index is 668. The minimum Gasteiger partial charge on any atom is -0.497 e. The van der Waals surface area contributed by atoms with Crippen LogP contribution in [-0.4, -0.2) is 31.8 Å². The van der Waals surface area contributed by atoms with Gasteiger partial charge < -0.3 is 14.8 Å². The number of amides is 1. The summed E-state index contributed by atoms with van der Waals surface area (Å²) in [5.41, 5.74) is 1.24. The maximum Gasteiger partial charge on any atom is 0.315 e. The van der Waals surface area contributed by atoms with Crippen LogP contribution in [0.1, 0.15) is 10.4 Å². The number of nitrogens with one attached hydrogen (secondary N) is 1. The number of ether oxygens (including phenoxy) is 2. The number of carbonyl (C=O) groups is 2. The third-order valence-electron chi connectivity index (χ3n) is 3.05. The third-order valence-corrected chi connectivity index (χ3v) is 4.03. The highest BCUT2D eigenvalue weighted by Gasteiger charge is 2.07. The van der Waals surface area contributed by atoms with E-state index in [1.165, 1.54) is 18.9 Å².